The van der Waals surface area contributed by atoms with Crippen LogP contribution < -0.4 is 10.2 Å². The van der Waals surface area contributed by atoms with Crippen molar-refractivity contribution in [3.8, 4) is 0 Å². The lowest BCUT2D eigenvalue weighted by Crippen LogP contribution is -2.31. The zero-order chi connectivity index (χ0) is 17.9. The maximum Gasteiger partial charge on any atom is 0.254 e. The first-order valence-electron chi connectivity index (χ1n) is 9.42. The smallest absolute Gasteiger partial charge is 0.254 e. The van der Waals surface area contributed by atoms with Crippen LogP contribution in [-0.2, 0) is 0 Å². The Bertz CT molecular complexity index is 787. The van der Waals surface area contributed by atoms with Crippen molar-refractivity contribution >= 4 is 17.5 Å². The molecule has 0 aliphatic carbocycles. The predicted molar refractivity (Wildman–Crippen MR) is 102 cm³/mol. The lowest BCUT2D eigenvalue weighted by atomic mass is 10.1. The van der Waals surface area contributed by atoms with Crippen LogP contribution in [0.1, 0.15) is 47.6 Å². The Morgan fingerprint density at radius 3 is 2.69 bits per heavy atom. The molecule has 2 fully saturated rings. The van der Waals surface area contributed by atoms with E-state index in [-0.39, 0.29) is 11.9 Å². The summed E-state index contributed by atoms with van der Waals surface area (Å²) in [5, 5.41) is 3.08. The topological polar surface area (TPSA) is 61.4 Å². The molecule has 2 aromatic heterocycles. The second-order valence-corrected chi connectivity index (χ2v) is 6.98. The van der Waals surface area contributed by atoms with E-state index in [4.69, 9.17) is 0 Å². The fraction of sp³-hybridized carbons (Fsp3) is 0.450. The molecule has 26 heavy (non-hydrogen) atoms. The first kappa shape index (κ1) is 16.8. The van der Waals surface area contributed by atoms with Crippen molar-refractivity contribution in [2.24, 2.45) is 0 Å². The largest absolute Gasteiger partial charge is 0.373 e. The molecule has 0 saturated carbocycles. The van der Waals surface area contributed by atoms with Crippen molar-refractivity contribution in [3.05, 3.63) is 47.8 Å². The van der Waals surface area contributed by atoms with Crippen molar-refractivity contribution in [2.45, 2.75) is 31.7 Å². The average Bonchev–Trinajstić information content (AvgIpc) is 3.39. The summed E-state index contributed by atoms with van der Waals surface area (Å²) >= 11 is 0. The highest BCUT2D eigenvalue weighted by molar-refractivity contribution is 5.95. The summed E-state index contributed by atoms with van der Waals surface area (Å²) in [6, 6.07) is 7.95. The number of hydrogen-bond donors (Lipinski definition) is 1. The molecule has 1 amide bonds. The molecule has 0 aromatic carbocycles. The first-order valence-corrected chi connectivity index (χ1v) is 9.42. The summed E-state index contributed by atoms with van der Waals surface area (Å²) in [4.78, 5) is 26.2. The van der Waals surface area contributed by atoms with Crippen molar-refractivity contribution in [3.63, 3.8) is 0 Å². The Labute approximate surface area is 154 Å². The number of nitrogens with zero attached hydrogens (tertiary/aromatic N) is 4. The number of rotatable bonds is 4. The van der Waals surface area contributed by atoms with E-state index in [9.17, 15) is 4.79 Å². The molecule has 4 heterocycles. The van der Waals surface area contributed by atoms with Crippen LogP contribution in [0.4, 0.5) is 11.6 Å². The van der Waals surface area contributed by atoms with E-state index >= 15 is 0 Å². The highest BCUT2D eigenvalue weighted by Gasteiger charge is 2.31. The number of amides is 1. The Morgan fingerprint density at radius 2 is 1.88 bits per heavy atom. The second kappa shape index (κ2) is 7.32. The summed E-state index contributed by atoms with van der Waals surface area (Å²) in [7, 11) is 1.86. The van der Waals surface area contributed by atoms with Gasteiger partial charge >= 0.3 is 0 Å². The number of hydrogen-bond acceptors (Lipinski definition) is 5. The zero-order valence-corrected chi connectivity index (χ0v) is 15.2. The van der Waals surface area contributed by atoms with E-state index < -0.39 is 0 Å². The number of likely N-dealkylation sites (tertiary alicyclic amines) is 1. The lowest BCUT2D eigenvalue weighted by Gasteiger charge is -2.26. The molecule has 6 heteroatoms. The maximum absolute atomic E-state index is 13.2. The van der Waals surface area contributed by atoms with E-state index in [1.54, 1.807) is 12.4 Å². The van der Waals surface area contributed by atoms with E-state index in [0.29, 0.717) is 0 Å². The van der Waals surface area contributed by atoms with Crippen molar-refractivity contribution < 1.29 is 4.79 Å². The van der Waals surface area contributed by atoms with Crippen LogP contribution in [0, 0.1) is 0 Å². The standard InChI is InChI=1S/C20H25N5O/c1-21-18-13-15(6-8-22-18)17-5-4-12-25(17)20(26)16-7-9-23-19(14-16)24-10-2-3-11-24/h6-9,13-14,17H,2-5,10-12H2,1H3,(H,21,22)/t17-/m1/s1. The third-order valence-electron chi connectivity index (χ3n) is 5.36. The minimum Gasteiger partial charge on any atom is -0.373 e. The van der Waals surface area contributed by atoms with Gasteiger partial charge in [-0.25, -0.2) is 9.97 Å². The van der Waals surface area contributed by atoms with E-state index in [1.165, 1.54) is 12.8 Å². The van der Waals surface area contributed by atoms with Crippen LogP contribution in [0.3, 0.4) is 0 Å². The Kier molecular flexibility index (Phi) is 4.73. The van der Waals surface area contributed by atoms with Crippen LogP contribution in [0.5, 0.6) is 0 Å². The highest BCUT2D eigenvalue weighted by atomic mass is 16.2. The first-order chi connectivity index (χ1) is 12.8. The summed E-state index contributed by atoms with van der Waals surface area (Å²) in [6.07, 6.45) is 7.98. The minimum absolute atomic E-state index is 0.0955. The molecular weight excluding hydrogens is 326 g/mol. The van der Waals surface area contributed by atoms with Gasteiger partial charge in [-0.3, -0.25) is 4.79 Å². The molecule has 0 radical (unpaired) electrons. The number of aromatic nitrogens is 2. The quantitative estimate of drug-likeness (QED) is 0.917. The van der Waals surface area contributed by atoms with Crippen LogP contribution >= 0.6 is 0 Å². The fourth-order valence-electron chi connectivity index (χ4n) is 3.98. The van der Waals surface area contributed by atoms with Gasteiger partial charge in [0.05, 0.1) is 6.04 Å². The monoisotopic (exact) mass is 351 g/mol. The molecular formula is C20H25N5O. The normalized spacial score (nSPS) is 19.8. The van der Waals surface area contributed by atoms with Crippen LogP contribution in [0.2, 0.25) is 0 Å². The molecule has 1 N–H and O–H groups in total. The SMILES string of the molecule is CNc1cc([C@H]2CCCN2C(=O)c2ccnc(N3CCCC3)c2)ccn1. The van der Waals surface area contributed by atoms with Crippen molar-refractivity contribution in [1.29, 1.82) is 0 Å². The highest BCUT2D eigenvalue weighted by Crippen LogP contribution is 2.34. The van der Waals surface area contributed by atoms with Gasteiger partial charge in [0.25, 0.3) is 5.91 Å². The van der Waals surface area contributed by atoms with Crippen LogP contribution in [-0.4, -0.2) is 47.5 Å². The molecule has 0 spiro atoms. The molecule has 2 saturated heterocycles. The Morgan fingerprint density at radius 1 is 1.08 bits per heavy atom. The maximum atomic E-state index is 13.2. The zero-order valence-electron chi connectivity index (χ0n) is 15.2. The third kappa shape index (κ3) is 3.23. The number of anilines is 2. The number of pyridine rings is 2. The molecule has 2 aromatic rings. The van der Waals surface area contributed by atoms with Gasteiger partial charge < -0.3 is 15.1 Å². The van der Waals surface area contributed by atoms with E-state index in [2.05, 4.69) is 20.2 Å². The third-order valence-corrected chi connectivity index (χ3v) is 5.36. The van der Waals surface area contributed by atoms with Gasteiger partial charge in [-0.1, -0.05) is 0 Å². The van der Waals surface area contributed by atoms with E-state index in [0.717, 1.165) is 55.2 Å². The number of carbonyl (C=O) groups excluding carboxylic acids is 1. The predicted octanol–water partition coefficient (Wildman–Crippen LogP) is 3.10. The molecule has 0 bridgehead atoms. The summed E-state index contributed by atoms with van der Waals surface area (Å²) < 4.78 is 0. The molecule has 1 atom stereocenters. The Hall–Kier alpha value is -2.63. The molecule has 2 aliphatic rings. The van der Waals surface area contributed by atoms with Gasteiger partial charge in [0.2, 0.25) is 0 Å². The minimum atomic E-state index is 0.0955. The van der Waals surface area contributed by atoms with Crippen LogP contribution in [0.15, 0.2) is 36.7 Å². The molecule has 6 nitrogen and oxygen atoms in total. The van der Waals surface area contributed by atoms with Crippen LogP contribution in [0.25, 0.3) is 0 Å². The Balaban J connectivity index is 1.57. The average molecular weight is 351 g/mol. The summed E-state index contributed by atoms with van der Waals surface area (Å²) in [5.41, 5.74) is 1.88. The fourth-order valence-corrected chi connectivity index (χ4v) is 3.98. The molecule has 0 unspecified atom stereocenters. The van der Waals surface area contributed by atoms with Gasteiger partial charge in [0.15, 0.2) is 0 Å². The van der Waals surface area contributed by atoms with Gasteiger partial charge in [0, 0.05) is 44.6 Å². The van der Waals surface area contributed by atoms with Gasteiger partial charge in [-0.05, 0) is 55.5 Å². The van der Waals surface area contributed by atoms with Gasteiger partial charge in [0.1, 0.15) is 11.6 Å². The molecule has 136 valence electrons. The number of nitrogens with one attached hydrogen (secondary N) is 1. The molecule has 4 rings (SSSR count). The molecule has 2 aliphatic heterocycles. The number of carbonyl (C=O) groups is 1. The second-order valence-electron chi connectivity index (χ2n) is 6.98. The van der Waals surface area contributed by atoms with Gasteiger partial charge in [-0.15, -0.1) is 0 Å². The van der Waals surface area contributed by atoms with Crippen molar-refractivity contribution in [2.75, 3.05) is 36.9 Å². The summed E-state index contributed by atoms with van der Waals surface area (Å²) in [5.74, 6) is 1.85. The van der Waals surface area contributed by atoms with Crippen molar-refractivity contribution in [1.82, 2.24) is 14.9 Å². The van der Waals surface area contributed by atoms with Gasteiger partial charge in [-0.2, -0.15) is 0 Å². The lowest BCUT2D eigenvalue weighted by molar-refractivity contribution is 0.0735. The van der Waals surface area contributed by atoms with E-state index in [1.807, 2.05) is 36.2 Å². The summed E-state index contributed by atoms with van der Waals surface area (Å²) in [6.45, 7) is 2.85.